The Hall–Kier alpha value is -3.26. The monoisotopic (exact) mass is 459 g/mol. The number of aliphatic hydroxyl groups is 1. The Morgan fingerprint density at radius 3 is 2.19 bits per heavy atom. The van der Waals surface area contributed by atoms with E-state index < -0.39 is 66.3 Å². The van der Waals surface area contributed by atoms with Crippen LogP contribution in [0.4, 0.5) is 0 Å². The molecule has 0 aromatic rings. The van der Waals surface area contributed by atoms with Crippen molar-refractivity contribution in [2.45, 2.75) is 62.7 Å². The number of carbonyl (C=O) groups excluding carboxylic acids is 4. The van der Waals surface area contributed by atoms with Crippen LogP contribution in [0.5, 0.6) is 0 Å². The summed E-state index contributed by atoms with van der Waals surface area (Å²) in [7, 11) is 0. The lowest BCUT2D eigenvalue weighted by atomic mass is 10.1. The van der Waals surface area contributed by atoms with Gasteiger partial charge >= 0.3 is 11.9 Å². The lowest BCUT2D eigenvalue weighted by molar-refractivity contribution is -0.144. The van der Waals surface area contributed by atoms with E-state index in [1.54, 1.807) is 0 Å². The Morgan fingerprint density at radius 2 is 1.66 bits per heavy atom. The van der Waals surface area contributed by atoms with Crippen molar-refractivity contribution in [3.63, 3.8) is 0 Å². The highest BCUT2D eigenvalue weighted by Gasteiger charge is 2.38. The van der Waals surface area contributed by atoms with Gasteiger partial charge in [0.25, 0.3) is 0 Å². The van der Waals surface area contributed by atoms with Crippen molar-refractivity contribution in [1.29, 1.82) is 0 Å². The summed E-state index contributed by atoms with van der Waals surface area (Å²) < 4.78 is 0. The van der Waals surface area contributed by atoms with Crippen LogP contribution in [-0.4, -0.2) is 93.1 Å². The van der Waals surface area contributed by atoms with Crippen molar-refractivity contribution < 1.29 is 44.1 Å². The predicted molar refractivity (Wildman–Crippen MR) is 107 cm³/mol. The second-order valence-electron chi connectivity index (χ2n) is 7.38. The average molecular weight is 459 g/mol. The summed E-state index contributed by atoms with van der Waals surface area (Å²) in [6, 6.07) is -5.06. The van der Waals surface area contributed by atoms with Crippen molar-refractivity contribution in [2.24, 2.45) is 11.5 Å². The number of aliphatic carboxylic acids is 2. The fourth-order valence-electron chi connectivity index (χ4n) is 3.20. The van der Waals surface area contributed by atoms with Crippen LogP contribution >= 0.6 is 0 Å². The first kappa shape index (κ1) is 26.8. The van der Waals surface area contributed by atoms with Crippen LogP contribution in [0.1, 0.15) is 38.5 Å². The van der Waals surface area contributed by atoms with E-state index in [2.05, 4.69) is 10.6 Å². The molecule has 4 unspecified atom stereocenters. The van der Waals surface area contributed by atoms with E-state index in [4.69, 9.17) is 26.8 Å². The molecule has 4 amide bonds. The van der Waals surface area contributed by atoms with Crippen molar-refractivity contribution >= 4 is 35.6 Å². The number of aliphatic hydroxyl groups excluding tert-OH is 1. The molecule has 0 saturated carbocycles. The lowest BCUT2D eigenvalue weighted by Gasteiger charge is -2.28. The quantitative estimate of drug-likeness (QED) is 0.143. The van der Waals surface area contributed by atoms with Crippen molar-refractivity contribution in [3.8, 4) is 0 Å². The maximum atomic E-state index is 12.8. The van der Waals surface area contributed by atoms with Gasteiger partial charge in [0, 0.05) is 19.4 Å². The molecule has 1 aliphatic heterocycles. The number of primary amides is 1. The zero-order valence-corrected chi connectivity index (χ0v) is 17.4. The summed E-state index contributed by atoms with van der Waals surface area (Å²) in [6.07, 6.45) is -0.212. The van der Waals surface area contributed by atoms with Crippen LogP contribution in [-0.2, 0) is 28.8 Å². The summed E-state index contributed by atoms with van der Waals surface area (Å²) >= 11 is 0. The molecule has 0 bridgehead atoms. The minimum Gasteiger partial charge on any atom is -0.481 e. The molecule has 14 nitrogen and oxygen atoms in total. The number of likely N-dealkylation sites (tertiary alicyclic amines) is 1. The number of hydrogen-bond donors (Lipinski definition) is 7. The van der Waals surface area contributed by atoms with Crippen LogP contribution in [0.25, 0.3) is 0 Å². The van der Waals surface area contributed by atoms with E-state index in [9.17, 15) is 28.8 Å². The number of carboxylic acids is 2. The van der Waals surface area contributed by atoms with Crippen LogP contribution in [0, 0.1) is 0 Å². The molecule has 1 heterocycles. The molecule has 9 N–H and O–H groups in total. The molecule has 0 aromatic heterocycles. The number of carboxylic acid groups (broad SMARTS) is 2. The second kappa shape index (κ2) is 12.6. The van der Waals surface area contributed by atoms with E-state index in [-0.39, 0.29) is 38.6 Å². The van der Waals surface area contributed by atoms with Crippen LogP contribution < -0.4 is 22.1 Å². The van der Waals surface area contributed by atoms with Gasteiger partial charge in [0.1, 0.15) is 18.1 Å². The summed E-state index contributed by atoms with van der Waals surface area (Å²) in [5.41, 5.74) is 10.8. The largest absolute Gasteiger partial charge is 0.481 e. The highest BCUT2D eigenvalue weighted by Crippen LogP contribution is 2.19. The Balaban J connectivity index is 2.88. The Kier molecular flexibility index (Phi) is 10.5. The van der Waals surface area contributed by atoms with Gasteiger partial charge in [-0.3, -0.25) is 24.0 Å². The highest BCUT2D eigenvalue weighted by atomic mass is 16.4. The number of nitrogens with one attached hydrogen (secondary N) is 2. The molecule has 0 radical (unpaired) electrons. The standard InChI is InChI=1S/C18H29N5O9/c19-9(3-6-14(26)27)17(30)23-7-1-2-12(23)16(29)21-10(4-5-13(20)25)15(28)22-11(8-24)18(31)32/h9-12,24H,1-8,19H2,(H2,20,25)(H,21,29)(H,22,28)(H,26,27)(H,31,32). The zero-order chi connectivity index (χ0) is 24.4. The Labute approximate surface area is 183 Å². The van der Waals surface area contributed by atoms with E-state index in [1.807, 2.05) is 0 Å². The van der Waals surface area contributed by atoms with Gasteiger partial charge in [-0.15, -0.1) is 0 Å². The number of carbonyl (C=O) groups is 6. The molecule has 1 rings (SSSR count). The summed E-state index contributed by atoms with van der Waals surface area (Å²) in [5, 5.41) is 31.2. The second-order valence-corrected chi connectivity index (χ2v) is 7.38. The SMILES string of the molecule is NC(=O)CCC(NC(=O)C1CCCN1C(=O)C(N)CCC(=O)O)C(=O)NC(CO)C(=O)O. The van der Waals surface area contributed by atoms with Crippen LogP contribution in [0.3, 0.4) is 0 Å². The summed E-state index contributed by atoms with van der Waals surface area (Å²) in [6.45, 7) is -0.682. The molecule has 1 aliphatic rings. The van der Waals surface area contributed by atoms with Gasteiger partial charge in [-0.2, -0.15) is 0 Å². The van der Waals surface area contributed by atoms with Gasteiger partial charge in [-0.1, -0.05) is 0 Å². The number of nitrogens with two attached hydrogens (primary N) is 2. The molecule has 1 fully saturated rings. The first-order valence-corrected chi connectivity index (χ1v) is 9.98. The van der Waals surface area contributed by atoms with Gasteiger partial charge < -0.3 is 42.3 Å². The fourth-order valence-corrected chi connectivity index (χ4v) is 3.20. The molecule has 180 valence electrons. The molecule has 4 atom stereocenters. The number of rotatable bonds is 13. The van der Waals surface area contributed by atoms with Gasteiger partial charge in [0.15, 0.2) is 0 Å². The van der Waals surface area contributed by atoms with Crippen molar-refractivity contribution in [1.82, 2.24) is 15.5 Å². The number of amides is 4. The van der Waals surface area contributed by atoms with Crippen LogP contribution in [0.2, 0.25) is 0 Å². The number of nitrogens with zero attached hydrogens (tertiary/aromatic N) is 1. The first-order valence-electron chi connectivity index (χ1n) is 9.98. The Morgan fingerprint density at radius 1 is 1.00 bits per heavy atom. The normalized spacial score (nSPS) is 18.3. The van der Waals surface area contributed by atoms with E-state index in [0.29, 0.717) is 6.42 Å². The van der Waals surface area contributed by atoms with E-state index in [1.165, 1.54) is 4.90 Å². The highest BCUT2D eigenvalue weighted by molar-refractivity contribution is 5.94. The third kappa shape index (κ3) is 8.11. The third-order valence-electron chi connectivity index (χ3n) is 4.93. The smallest absolute Gasteiger partial charge is 0.328 e. The maximum Gasteiger partial charge on any atom is 0.328 e. The first-order chi connectivity index (χ1) is 15.0. The van der Waals surface area contributed by atoms with E-state index in [0.717, 1.165) is 0 Å². The summed E-state index contributed by atoms with van der Waals surface area (Å²) in [4.78, 5) is 71.8. The van der Waals surface area contributed by atoms with Crippen molar-refractivity contribution in [3.05, 3.63) is 0 Å². The summed E-state index contributed by atoms with van der Waals surface area (Å²) in [5.74, 6) is -5.64. The maximum absolute atomic E-state index is 12.8. The Bertz CT molecular complexity index is 744. The van der Waals surface area contributed by atoms with Gasteiger partial charge in [0.05, 0.1) is 12.6 Å². The minimum absolute atomic E-state index is 0.111. The van der Waals surface area contributed by atoms with Crippen molar-refractivity contribution in [2.75, 3.05) is 13.2 Å². The molecule has 14 heteroatoms. The van der Waals surface area contributed by atoms with Crippen LogP contribution in [0.15, 0.2) is 0 Å². The third-order valence-corrected chi connectivity index (χ3v) is 4.93. The molecule has 0 aliphatic carbocycles. The predicted octanol–water partition coefficient (Wildman–Crippen LogP) is -3.52. The molecule has 0 spiro atoms. The van der Waals surface area contributed by atoms with E-state index >= 15 is 0 Å². The molecule has 0 aromatic carbocycles. The molecular formula is C18H29N5O9. The number of hydrogen-bond acceptors (Lipinski definition) is 8. The molecule has 1 saturated heterocycles. The molecular weight excluding hydrogens is 430 g/mol. The average Bonchev–Trinajstić information content (AvgIpc) is 3.21. The fraction of sp³-hybridized carbons (Fsp3) is 0.667. The molecule has 32 heavy (non-hydrogen) atoms. The van der Waals surface area contributed by atoms with Gasteiger partial charge in [-0.05, 0) is 25.7 Å². The lowest BCUT2D eigenvalue weighted by Crippen LogP contribution is -2.57. The van der Waals surface area contributed by atoms with Gasteiger partial charge in [0.2, 0.25) is 23.6 Å². The minimum atomic E-state index is -1.62. The topological polar surface area (TPSA) is 242 Å². The zero-order valence-electron chi connectivity index (χ0n) is 17.4. The van der Waals surface area contributed by atoms with Gasteiger partial charge in [-0.25, -0.2) is 4.79 Å².